The number of sulfonamides is 1. The quantitative estimate of drug-likeness (QED) is 0.663. The van der Waals surface area contributed by atoms with Crippen LogP contribution >= 0.6 is 0 Å². The fraction of sp³-hybridized carbons (Fsp3) is 0.300. The van der Waals surface area contributed by atoms with Gasteiger partial charge in [0.25, 0.3) is 0 Å². The van der Waals surface area contributed by atoms with E-state index in [0.717, 1.165) is 46.4 Å². The molecule has 28 heavy (non-hydrogen) atoms. The smallest absolute Gasteiger partial charge is 0.209 e. The number of aliphatic hydroxyl groups excluding tert-OH is 1. The van der Waals surface area contributed by atoms with E-state index in [2.05, 4.69) is 20.9 Å². The topological polar surface area (TPSA) is 97.1 Å². The Labute approximate surface area is 164 Å². The molecule has 146 valence electrons. The summed E-state index contributed by atoms with van der Waals surface area (Å²) in [5.41, 5.74) is 5.96. The van der Waals surface area contributed by atoms with E-state index in [1.165, 1.54) is 6.26 Å². The van der Waals surface area contributed by atoms with Gasteiger partial charge in [-0.05, 0) is 41.7 Å². The lowest BCUT2D eigenvalue weighted by molar-refractivity contribution is 0.269. The average Bonchev–Trinajstić information content (AvgIpc) is 3.26. The van der Waals surface area contributed by atoms with Crippen molar-refractivity contribution in [2.45, 2.75) is 25.4 Å². The Hall–Kier alpha value is -2.55. The third-order valence-electron chi connectivity index (χ3n) is 4.93. The molecule has 2 N–H and O–H groups in total. The summed E-state index contributed by atoms with van der Waals surface area (Å²) in [5.74, 6) is 0. The van der Waals surface area contributed by atoms with Crippen LogP contribution in [0.1, 0.15) is 23.6 Å². The molecule has 0 aliphatic heterocycles. The fourth-order valence-corrected chi connectivity index (χ4v) is 4.50. The second kappa shape index (κ2) is 7.46. The van der Waals surface area contributed by atoms with Gasteiger partial charge in [-0.25, -0.2) is 13.1 Å². The summed E-state index contributed by atoms with van der Waals surface area (Å²) in [7, 11) is -3.25. The van der Waals surface area contributed by atoms with Gasteiger partial charge >= 0.3 is 0 Å². The second-order valence-electron chi connectivity index (χ2n) is 7.01. The zero-order valence-electron chi connectivity index (χ0n) is 15.5. The maximum Gasteiger partial charge on any atom is 0.209 e. The highest BCUT2D eigenvalue weighted by Gasteiger charge is 2.25. The molecule has 0 bridgehead atoms. The van der Waals surface area contributed by atoms with Gasteiger partial charge in [0.2, 0.25) is 10.0 Å². The van der Waals surface area contributed by atoms with Crippen molar-refractivity contribution in [1.82, 2.24) is 19.5 Å². The van der Waals surface area contributed by atoms with E-state index in [9.17, 15) is 13.5 Å². The van der Waals surface area contributed by atoms with Crippen molar-refractivity contribution in [1.29, 1.82) is 0 Å². The van der Waals surface area contributed by atoms with Gasteiger partial charge in [-0.3, -0.25) is 9.67 Å². The Bertz CT molecular complexity index is 1090. The Kier molecular flexibility index (Phi) is 5.01. The molecular weight excluding hydrogens is 376 g/mol. The van der Waals surface area contributed by atoms with Crippen LogP contribution in [-0.4, -0.2) is 41.2 Å². The number of rotatable bonds is 6. The third kappa shape index (κ3) is 3.84. The van der Waals surface area contributed by atoms with Crippen molar-refractivity contribution in [2.24, 2.45) is 0 Å². The van der Waals surface area contributed by atoms with E-state index in [1.807, 2.05) is 30.5 Å². The highest BCUT2D eigenvalue weighted by Crippen LogP contribution is 2.37. The first kappa shape index (κ1) is 18.8. The van der Waals surface area contributed by atoms with Crippen LogP contribution in [0.15, 0.2) is 48.9 Å². The first-order valence-corrected chi connectivity index (χ1v) is 11.0. The van der Waals surface area contributed by atoms with Crippen molar-refractivity contribution >= 4 is 10.0 Å². The van der Waals surface area contributed by atoms with E-state index in [1.54, 1.807) is 17.1 Å². The number of hydrogen-bond donors (Lipinski definition) is 2. The molecular formula is C20H22N4O3S. The van der Waals surface area contributed by atoms with Crippen LogP contribution < -0.4 is 4.72 Å². The number of aliphatic hydroxyl groups is 1. The molecule has 0 saturated carbocycles. The van der Waals surface area contributed by atoms with E-state index in [4.69, 9.17) is 0 Å². The molecule has 1 aliphatic carbocycles. The third-order valence-corrected chi connectivity index (χ3v) is 5.65. The molecule has 2 aromatic heterocycles. The number of nitrogens with one attached hydrogen (secondary N) is 1. The lowest BCUT2D eigenvalue weighted by atomic mass is 9.98. The predicted octanol–water partition coefficient (Wildman–Crippen LogP) is 2.14. The standard InChI is InChI=1S/C20H22N4O3S/c1-28(26,27)23-19-5-3-15-12-16(2-4-17(15)19)18-13-24(10-11-25)22-20(18)14-6-8-21-9-7-14/h2,4,6-9,12-13,19,23,25H,3,5,10-11H2,1H3. The predicted molar refractivity (Wildman–Crippen MR) is 107 cm³/mol. The van der Waals surface area contributed by atoms with E-state index in [-0.39, 0.29) is 12.6 Å². The van der Waals surface area contributed by atoms with Gasteiger partial charge in [0, 0.05) is 35.8 Å². The van der Waals surface area contributed by atoms with Gasteiger partial charge in [0.05, 0.1) is 19.4 Å². The van der Waals surface area contributed by atoms with Crippen molar-refractivity contribution in [3.8, 4) is 22.4 Å². The van der Waals surface area contributed by atoms with Crippen LogP contribution in [0.25, 0.3) is 22.4 Å². The summed E-state index contributed by atoms with van der Waals surface area (Å²) in [4.78, 5) is 4.07. The van der Waals surface area contributed by atoms with Gasteiger partial charge in [0.15, 0.2) is 0 Å². The number of aromatic nitrogens is 3. The average molecular weight is 398 g/mol. The molecule has 1 atom stereocenters. The van der Waals surface area contributed by atoms with Crippen LogP contribution in [0, 0.1) is 0 Å². The minimum atomic E-state index is -3.25. The Morgan fingerprint density at radius 2 is 2.00 bits per heavy atom. The first-order chi connectivity index (χ1) is 13.4. The minimum absolute atomic E-state index is 0.0138. The SMILES string of the molecule is CS(=O)(=O)NC1CCc2cc(-c3cn(CCO)nc3-c3ccncc3)ccc21. The van der Waals surface area contributed by atoms with Gasteiger partial charge in [-0.15, -0.1) is 0 Å². The van der Waals surface area contributed by atoms with Crippen molar-refractivity contribution in [2.75, 3.05) is 12.9 Å². The molecule has 4 rings (SSSR count). The highest BCUT2D eigenvalue weighted by molar-refractivity contribution is 7.88. The maximum atomic E-state index is 11.6. The number of hydrogen-bond acceptors (Lipinski definition) is 5. The van der Waals surface area contributed by atoms with Crippen LogP contribution in [0.5, 0.6) is 0 Å². The molecule has 8 heteroatoms. The molecule has 0 radical (unpaired) electrons. The summed E-state index contributed by atoms with van der Waals surface area (Å²) in [6, 6.07) is 9.77. The van der Waals surface area contributed by atoms with E-state index >= 15 is 0 Å². The Morgan fingerprint density at radius 3 is 2.71 bits per heavy atom. The zero-order chi connectivity index (χ0) is 19.7. The molecule has 2 heterocycles. The largest absolute Gasteiger partial charge is 0.394 e. The van der Waals surface area contributed by atoms with Gasteiger partial charge in [-0.2, -0.15) is 5.10 Å². The zero-order valence-corrected chi connectivity index (χ0v) is 16.4. The molecule has 0 fully saturated rings. The minimum Gasteiger partial charge on any atom is -0.394 e. The summed E-state index contributed by atoms with van der Waals surface area (Å²) in [5, 5.41) is 13.9. The van der Waals surface area contributed by atoms with Crippen molar-refractivity contribution < 1.29 is 13.5 Å². The summed E-state index contributed by atoms with van der Waals surface area (Å²) in [6.45, 7) is 0.434. The van der Waals surface area contributed by atoms with E-state index in [0.29, 0.717) is 6.54 Å². The first-order valence-electron chi connectivity index (χ1n) is 9.14. The Morgan fingerprint density at radius 1 is 1.21 bits per heavy atom. The van der Waals surface area contributed by atoms with Crippen molar-refractivity contribution in [3.05, 3.63) is 60.0 Å². The lowest BCUT2D eigenvalue weighted by Crippen LogP contribution is -2.25. The maximum absolute atomic E-state index is 11.6. The summed E-state index contributed by atoms with van der Waals surface area (Å²) in [6.07, 6.45) is 8.17. The van der Waals surface area contributed by atoms with Crippen LogP contribution in [0.3, 0.4) is 0 Å². The number of pyridine rings is 1. The van der Waals surface area contributed by atoms with Gasteiger partial charge < -0.3 is 5.11 Å². The van der Waals surface area contributed by atoms with Crippen LogP contribution in [0.2, 0.25) is 0 Å². The fourth-order valence-electron chi connectivity index (χ4n) is 3.74. The van der Waals surface area contributed by atoms with Gasteiger partial charge in [-0.1, -0.05) is 18.2 Å². The highest BCUT2D eigenvalue weighted by atomic mass is 32.2. The van der Waals surface area contributed by atoms with E-state index < -0.39 is 10.0 Å². The van der Waals surface area contributed by atoms with Crippen LogP contribution in [0.4, 0.5) is 0 Å². The number of fused-ring (bicyclic) bond motifs is 1. The molecule has 1 aromatic carbocycles. The molecule has 3 aromatic rings. The number of benzene rings is 1. The molecule has 1 unspecified atom stereocenters. The summed E-state index contributed by atoms with van der Waals surface area (Å²) >= 11 is 0. The molecule has 1 aliphatic rings. The molecule has 0 saturated heterocycles. The molecule has 0 spiro atoms. The van der Waals surface area contributed by atoms with Crippen LogP contribution in [-0.2, 0) is 23.0 Å². The molecule has 0 amide bonds. The van der Waals surface area contributed by atoms with Gasteiger partial charge in [0.1, 0.15) is 5.69 Å². The number of aryl methyl sites for hydroxylation is 1. The Balaban J connectivity index is 1.74. The summed E-state index contributed by atoms with van der Waals surface area (Å²) < 4.78 is 27.7. The monoisotopic (exact) mass is 398 g/mol. The molecule has 7 nitrogen and oxygen atoms in total. The lowest BCUT2D eigenvalue weighted by Gasteiger charge is -2.13. The number of nitrogens with zero attached hydrogens (tertiary/aromatic N) is 3. The second-order valence-corrected chi connectivity index (χ2v) is 8.79. The normalized spacial score (nSPS) is 16.3. The van der Waals surface area contributed by atoms with Crippen molar-refractivity contribution in [3.63, 3.8) is 0 Å².